The molecule has 1 atom stereocenters. The van der Waals surface area contributed by atoms with Crippen LogP contribution in [-0.4, -0.2) is 4.92 Å². The fourth-order valence-electron chi connectivity index (χ4n) is 2.97. The first-order valence-corrected chi connectivity index (χ1v) is 7.32. The number of non-ortho nitro benzene ring substituents is 1. The van der Waals surface area contributed by atoms with Crippen LogP contribution in [-0.2, 0) is 6.42 Å². The highest BCUT2D eigenvalue weighted by Crippen LogP contribution is 2.34. The minimum atomic E-state index is -0.532. The summed E-state index contributed by atoms with van der Waals surface area (Å²) in [6.45, 7) is 0. The minimum Gasteiger partial charge on any atom is -0.377 e. The monoisotopic (exact) mass is 311 g/mol. The summed E-state index contributed by atoms with van der Waals surface area (Å²) in [5, 5.41) is 23.3. The van der Waals surface area contributed by atoms with E-state index in [0.29, 0.717) is 5.69 Å². The van der Waals surface area contributed by atoms with E-state index >= 15 is 0 Å². The Bertz CT molecular complexity index is 814. The number of hydrogen-bond donors (Lipinski definition) is 1. The Hall–Kier alpha value is -2.94. The largest absolute Gasteiger partial charge is 0.377 e. The van der Waals surface area contributed by atoms with Crippen LogP contribution in [0.1, 0.15) is 35.6 Å². The van der Waals surface area contributed by atoms with Crippen LogP contribution in [0.4, 0.5) is 15.8 Å². The summed E-state index contributed by atoms with van der Waals surface area (Å²) in [6.07, 6.45) is 2.68. The van der Waals surface area contributed by atoms with Crippen molar-refractivity contribution in [2.24, 2.45) is 0 Å². The number of nitro groups is 1. The molecule has 2 aromatic rings. The van der Waals surface area contributed by atoms with Crippen molar-refractivity contribution in [3.8, 4) is 6.07 Å². The molecule has 5 nitrogen and oxygen atoms in total. The minimum absolute atomic E-state index is 0.108. The number of nitro benzene ring substituents is 1. The second kappa shape index (κ2) is 6.05. The maximum Gasteiger partial charge on any atom is 0.270 e. The van der Waals surface area contributed by atoms with Gasteiger partial charge < -0.3 is 5.32 Å². The highest BCUT2D eigenvalue weighted by atomic mass is 19.1. The van der Waals surface area contributed by atoms with Gasteiger partial charge in [0, 0.05) is 12.1 Å². The van der Waals surface area contributed by atoms with E-state index in [1.54, 1.807) is 6.07 Å². The summed E-state index contributed by atoms with van der Waals surface area (Å²) in [4.78, 5) is 10.3. The van der Waals surface area contributed by atoms with Gasteiger partial charge in [0.25, 0.3) is 5.69 Å². The molecule has 1 aliphatic carbocycles. The fraction of sp³-hybridized carbons (Fsp3) is 0.235. The number of nitrogens with zero attached hydrogens (tertiary/aromatic N) is 2. The van der Waals surface area contributed by atoms with Crippen LogP contribution in [0.2, 0.25) is 0 Å². The highest BCUT2D eigenvalue weighted by molar-refractivity contribution is 5.62. The standard InChI is InChI=1S/C17H14FN3O2/c18-13-5-4-11-2-1-3-17(15(11)9-13)20-16-7-6-14(21(22)23)8-12(16)10-19/h4-9,17,20H,1-3H2. The van der Waals surface area contributed by atoms with Crippen LogP contribution in [0.25, 0.3) is 0 Å². The van der Waals surface area contributed by atoms with E-state index < -0.39 is 4.92 Å². The molecule has 0 amide bonds. The van der Waals surface area contributed by atoms with Gasteiger partial charge in [0.15, 0.2) is 0 Å². The van der Waals surface area contributed by atoms with Gasteiger partial charge in [-0.1, -0.05) is 6.07 Å². The third kappa shape index (κ3) is 2.99. The number of nitriles is 1. The van der Waals surface area contributed by atoms with Gasteiger partial charge in [0.05, 0.1) is 22.2 Å². The molecule has 3 rings (SSSR count). The Balaban J connectivity index is 1.93. The number of rotatable bonds is 3. The van der Waals surface area contributed by atoms with E-state index in [0.717, 1.165) is 30.4 Å². The molecule has 0 saturated heterocycles. The summed E-state index contributed by atoms with van der Waals surface area (Å²) in [5.41, 5.74) is 2.60. The summed E-state index contributed by atoms with van der Waals surface area (Å²) < 4.78 is 13.5. The molecular weight excluding hydrogens is 297 g/mol. The summed E-state index contributed by atoms with van der Waals surface area (Å²) in [7, 11) is 0. The Labute approximate surface area is 132 Å². The zero-order valence-corrected chi connectivity index (χ0v) is 12.3. The van der Waals surface area contributed by atoms with E-state index in [1.807, 2.05) is 6.07 Å². The van der Waals surface area contributed by atoms with Gasteiger partial charge in [-0.15, -0.1) is 0 Å². The first-order chi connectivity index (χ1) is 11.1. The van der Waals surface area contributed by atoms with Crippen LogP contribution in [0.5, 0.6) is 0 Å². The second-order valence-corrected chi connectivity index (χ2v) is 5.53. The maximum absolute atomic E-state index is 13.5. The Morgan fingerprint density at radius 1 is 1.30 bits per heavy atom. The first kappa shape index (κ1) is 15.0. The molecule has 116 valence electrons. The van der Waals surface area contributed by atoms with Crippen LogP contribution in [0.15, 0.2) is 36.4 Å². The Morgan fingerprint density at radius 2 is 2.13 bits per heavy atom. The SMILES string of the molecule is N#Cc1cc([N+](=O)[O-])ccc1NC1CCCc2ccc(F)cc21. The van der Waals surface area contributed by atoms with Crippen LogP contribution >= 0.6 is 0 Å². The highest BCUT2D eigenvalue weighted by Gasteiger charge is 2.22. The van der Waals surface area contributed by atoms with Crippen LogP contribution in [0.3, 0.4) is 0 Å². The summed E-state index contributed by atoms with van der Waals surface area (Å²) >= 11 is 0. The van der Waals surface area contributed by atoms with Gasteiger partial charge in [-0.05, 0) is 48.6 Å². The summed E-state index contributed by atoms with van der Waals surface area (Å²) in [6, 6.07) is 10.8. The van der Waals surface area contributed by atoms with Gasteiger partial charge in [-0.25, -0.2) is 4.39 Å². The van der Waals surface area contributed by atoms with Crippen molar-refractivity contribution in [3.05, 3.63) is 69.0 Å². The van der Waals surface area contributed by atoms with Crippen molar-refractivity contribution in [1.29, 1.82) is 5.26 Å². The van der Waals surface area contributed by atoms with Gasteiger partial charge >= 0.3 is 0 Å². The lowest BCUT2D eigenvalue weighted by atomic mass is 9.87. The molecule has 1 unspecified atom stereocenters. The van der Waals surface area contributed by atoms with Crippen molar-refractivity contribution in [2.45, 2.75) is 25.3 Å². The first-order valence-electron chi connectivity index (χ1n) is 7.32. The molecule has 0 spiro atoms. The molecule has 0 fully saturated rings. The number of anilines is 1. The Morgan fingerprint density at radius 3 is 2.87 bits per heavy atom. The zero-order chi connectivity index (χ0) is 16.4. The molecule has 1 aliphatic rings. The topological polar surface area (TPSA) is 79.0 Å². The lowest BCUT2D eigenvalue weighted by Gasteiger charge is -2.27. The predicted octanol–water partition coefficient (Wildman–Crippen LogP) is 4.10. The quantitative estimate of drug-likeness (QED) is 0.684. The number of fused-ring (bicyclic) bond motifs is 1. The van der Waals surface area contributed by atoms with E-state index in [9.17, 15) is 19.8 Å². The number of halogens is 1. The van der Waals surface area contributed by atoms with E-state index in [1.165, 1.54) is 30.3 Å². The molecule has 0 heterocycles. The van der Waals surface area contributed by atoms with Crippen molar-refractivity contribution < 1.29 is 9.31 Å². The van der Waals surface area contributed by atoms with Crippen molar-refractivity contribution in [2.75, 3.05) is 5.32 Å². The van der Waals surface area contributed by atoms with Crippen LogP contribution in [0, 0.1) is 27.3 Å². The molecule has 0 radical (unpaired) electrons. The molecule has 2 aromatic carbocycles. The van der Waals surface area contributed by atoms with E-state index in [2.05, 4.69) is 5.32 Å². The molecular formula is C17H14FN3O2. The van der Waals surface area contributed by atoms with E-state index in [-0.39, 0.29) is 23.1 Å². The fourth-order valence-corrected chi connectivity index (χ4v) is 2.97. The molecule has 0 bridgehead atoms. The lowest BCUT2D eigenvalue weighted by Crippen LogP contribution is -2.18. The Kier molecular flexibility index (Phi) is 3.94. The van der Waals surface area contributed by atoms with Crippen molar-refractivity contribution in [1.82, 2.24) is 0 Å². The van der Waals surface area contributed by atoms with Crippen molar-refractivity contribution in [3.63, 3.8) is 0 Å². The third-order valence-electron chi connectivity index (χ3n) is 4.09. The normalized spacial score (nSPS) is 16.3. The smallest absolute Gasteiger partial charge is 0.270 e. The predicted molar refractivity (Wildman–Crippen MR) is 83.5 cm³/mol. The number of nitrogens with one attached hydrogen (secondary N) is 1. The number of benzene rings is 2. The van der Waals surface area contributed by atoms with Gasteiger partial charge in [-0.3, -0.25) is 10.1 Å². The van der Waals surface area contributed by atoms with Gasteiger partial charge in [0.2, 0.25) is 0 Å². The zero-order valence-electron chi connectivity index (χ0n) is 12.3. The van der Waals surface area contributed by atoms with Gasteiger partial charge in [-0.2, -0.15) is 5.26 Å². The number of aryl methyl sites for hydroxylation is 1. The average molecular weight is 311 g/mol. The molecule has 1 N–H and O–H groups in total. The molecule has 0 aliphatic heterocycles. The molecule has 6 heteroatoms. The maximum atomic E-state index is 13.5. The van der Waals surface area contributed by atoms with Crippen LogP contribution < -0.4 is 5.32 Å². The molecule has 0 aromatic heterocycles. The molecule has 23 heavy (non-hydrogen) atoms. The summed E-state index contributed by atoms with van der Waals surface area (Å²) in [5.74, 6) is -0.290. The van der Waals surface area contributed by atoms with E-state index in [4.69, 9.17) is 0 Å². The average Bonchev–Trinajstić information content (AvgIpc) is 2.55. The van der Waals surface area contributed by atoms with Gasteiger partial charge in [0.1, 0.15) is 11.9 Å². The molecule has 0 saturated carbocycles. The third-order valence-corrected chi connectivity index (χ3v) is 4.09. The number of hydrogen-bond acceptors (Lipinski definition) is 4. The second-order valence-electron chi connectivity index (χ2n) is 5.53. The lowest BCUT2D eigenvalue weighted by molar-refractivity contribution is -0.384. The van der Waals surface area contributed by atoms with Crippen molar-refractivity contribution >= 4 is 11.4 Å².